The number of nitrogens with zero attached hydrogens (tertiary/aromatic N) is 4. The lowest BCUT2D eigenvalue weighted by Gasteiger charge is -2.26. The number of allylic oxidation sites excluding steroid dienone is 1. The lowest BCUT2D eigenvalue weighted by molar-refractivity contribution is -0.720. The zero-order valence-electron chi connectivity index (χ0n) is 88.6. The number of thioether (sulfide) groups is 1. The van der Waals surface area contributed by atoms with E-state index in [9.17, 15) is 14.4 Å². The topological polar surface area (TPSA) is 128 Å². The van der Waals surface area contributed by atoms with Crippen LogP contribution in [0.4, 0.5) is 0 Å². The molecule has 1 saturated heterocycles. The summed E-state index contributed by atoms with van der Waals surface area (Å²) in [5.74, 6) is 3.16. The first-order valence-electron chi connectivity index (χ1n) is 50.1. The molecule has 4 aliphatic heterocycles. The van der Waals surface area contributed by atoms with Gasteiger partial charge in [-0.05, 0) is 250 Å². The second-order valence-corrected chi connectivity index (χ2v) is 46.7. The van der Waals surface area contributed by atoms with E-state index in [4.69, 9.17) is 23.0 Å². The minimum atomic E-state index is 0.0164. The number of aryl methyl sites for hydroxylation is 1. The molecule has 15 aromatic rings. The Bertz CT molecular complexity index is 6740. The second-order valence-electron chi connectivity index (χ2n) is 43.5. The van der Waals surface area contributed by atoms with E-state index >= 15 is 0 Å². The van der Waals surface area contributed by atoms with Crippen LogP contribution in [0.1, 0.15) is 271 Å². The molecule has 12 nitrogen and oxygen atoms in total. The summed E-state index contributed by atoms with van der Waals surface area (Å²) in [5, 5.41) is 4.69. The monoisotopic (exact) mass is 1940 g/mol. The predicted molar refractivity (Wildman–Crippen MR) is 596 cm³/mol. The van der Waals surface area contributed by atoms with Crippen LogP contribution in [-0.4, -0.2) is 79.6 Å². The Kier molecular flexibility index (Phi) is 35.9. The quantitative estimate of drug-likeness (QED) is 0.148. The van der Waals surface area contributed by atoms with Gasteiger partial charge < -0.3 is 32.8 Å². The van der Waals surface area contributed by atoms with E-state index in [1.165, 1.54) is 92.3 Å². The standard InChI is InChI=1S/C21H25NO2.C18H22N2O.C18H18O.C17H18NOS.C17H18O2.C16H16O.C15H20S2.2C2H6/c1-21(2,3)19-10-8-17(9-11-19)16-4-6-18(7-5-16)20(23)22-12-14-24-15-13-22;1-18(2,3)16-11-10-15(12-19-16)13-6-8-14(9-7-13)17(21)20(4)5;1-18(2,3)16-7-4-13(5-8-16)14-6-9-17-15(12-14)10-11-19-17;1-17(2,3)12-8-9-16-18(10-12)11-14(19)13-6-4-5-7-15(13)20-16;1-17(2,3)14-7-4-12(5-8-14)13-6-9-15-16(10-13)19-11-18-15;1-16(2,3)11-8-9-15-13(10-11)12-6-4-5-7-14(12)17-15;1-15(2,3)14-8-13-11(9-16-14)10-6-4-5-7-12(10)17-13;2*1-2/h4-11H,12-15H2,1-3H3;6-12H,1-5H3;4-12H,1-3H3;4-10H,11H2,1-3H3;4-10H,11H2,1-3H3;4-10H,1-3H3;8H,4-7,9H2,1-3H3;2*1-2H3/q;;;+1;;;;;. The van der Waals surface area contributed by atoms with Crippen molar-refractivity contribution in [2.24, 2.45) is 5.41 Å². The number of amides is 2. The van der Waals surface area contributed by atoms with Gasteiger partial charge in [-0.3, -0.25) is 19.4 Å². The smallest absolute Gasteiger partial charge is 0.254 e. The summed E-state index contributed by atoms with van der Waals surface area (Å²) in [7, 11) is 3.51. The van der Waals surface area contributed by atoms with Gasteiger partial charge in [0.2, 0.25) is 24.1 Å². The molecule has 9 heterocycles. The highest BCUT2D eigenvalue weighted by atomic mass is 32.2. The van der Waals surface area contributed by atoms with Crippen LogP contribution in [0, 0.1) is 5.41 Å². The third kappa shape index (κ3) is 28.4. The van der Waals surface area contributed by atoms with Gasteiger partial charge in [0.05, 0.1) is 19.5 Å². The number of ketones is 1. The van der Waals surface area contributed by atoms with E-state index < -0.39 is 0 Å². The average Bonchev–Trinajstić information content (AvgIpc) is 1.60. The van der Waals surface area contributed by atoms with Crippen LogP contribution in [-0.2, 0) is 62.4 Å². The van der Waals surface area contributed by atoms with Crippen LogP contribution in [0.25, 0.3) is 83.5 Å². The number of pyridine rings is 2. The maximum atomic E-state index is 12.5. The van der Waals surface area contributed by atoms with Gasteiger partial charge >= 0.3 is 0 Å². The van der Waals surface area contributed by atoms with Crippen LogP contribution in [0.2, 0.25) is 0 Å². The summed E-state index contributed by atoms with van der Waals surface area (Å²) in [6.45, 7) is 58.1. The molecule has 1 fully saturated rings. The van der Waals surface area contributed by atoms with Crippen LogP contribution < -0.4 is 14.0 Å². The number of fused-ring (bicyclic) bond motifs is 10. The molecule has 15 heteroatoms. The molecule has 20 rings (SSSR count). The zero-order valence-corrected chi connectivity index (χ0v) is 91.1. The third-order valence-electron chi connectivity index (χ3n) is 25.4. The van der Waals surface area contributed by atoms with E-state index in [-0.39, 0.29) is 50.1 Å². The van der Waals surface area contributed by atoms with Gasteiger partial charge in [0, 0.05) is 115 Å². The Morgan fingerprint density at radius 1 is 0.440 bits per heavy atom. The molecule has 738 valence electrons. The summed E-state index contributed by atoms with van der Waals surface area (Å²) < 4.78 is 29.3. The number of para-hydroxylation sites is 1. The number of hydrogen-bond acceptors (Lipinski definition) is 12. The Morgan fingerprint density at radius 2 is 0.929 bits per heavy atom. The fraction of sp³-hybridized carbons (Fsp3) is 0.357. The number of furan rings is 2. The molecule has 10 aromatic carbocycles. The third-order valence-corrected chi connectivity index (χ3v) is 29.3. The van der Waals surface area contributed by atoms with Crippen molar-refractivity contribution >= 4 is 91.4 Å². The largest absolute Gasteiger partial charge is 0.464 e. The van der Waals surface area contributed by atoms with Crippen LogP contribution >= 0.6 is 34.9 Å². The van der Waals surface area contributed by atoms with Crippen molar-refractivity contribution in [3.63, 3.8) is 0 Å². The highest BCUT2D eigenvalue weighted by molar-refractivity contribution is 8.02. The van der Waals surface area contributed by atoms with Gasteiger partial charge in [-0.1, -0.05) is 325 Å². The van der Waals surface area contributed by atoms with Crippen LogP contribution in [0.3, 0.4) is 0 Å². The SMILES string of the molecule is CC.CC.CC(C)(C)C1=Cc2sc3c(c2CS1)CCCC3.CC(C)(C)c1ccc(-c2ccc(C(=O)N3CCOCC3)cc2)cc1.CC(C)(C)c1ccc(-c2ccc3c(c2)OCO3)cc1.CC(C)(C)c1ccc(-c2ccc3occc3c2)cc1.CC(C)(C)c1ccc2[n+](c1)CC(=O)c1ccccc1S2.CC(C)(C)c1ccc2oc3ccccc3c2c1.CN(C)C(=O)c1ccc(-c2ccc(C(C)(C)C)nc2)cc1. The Hall–Kier alpha value is -11.9. The molecule has 0 unspecified atom stereocenters. The fourth-order valence-corrected chi connectivity index (χ4v) is 20.5. The molecule has 0 atom stereocenters. The van der Waals surface area contributed by atoms with E-state index in [1.807, 2.05) is 148 Å². The molecular formula is C126H149N4O8S3+. The van der Waals surface area contributed by atoms with Gasteiger partial charge in [-0.2, -0.15) is 4.57 Å². The molecule has 5 aromatic heterocycles. The van der Waals surface area contributed by atoms with E-state index in [1.54, 1.807) is 62.8 Å². The molecule has 0 N–H and O–H groups in total. The van der Waals surface area contributed by atoms with Gasteiger partial charge in [0.1, 0.15) is 16.7 Å². The summed E-state index contributed by atoms with van der Waals surface area (Å²) in [4.78, 5) is 50.6. The first-order chi connectivity index (χ1) is 66.9. The molecule has 0 saturated carbocycles. The first kappa shape index (κ1) is 108. The Labute approximate surface area is 853 Å². The molecule has 0 bridgehead atoms. The number of thiophene rings is 1. The highest BCUT2D eigenvalue weighted by Crippen LogP contribution is 2.48. The second kappa shape index (κ2) is 46.9. The first-order valence-corrected chi connectivity index (χ1v) is 52.7. The van der Waals surface area contributed by atoms with Crippen molar-refractivity contribution in [3.8, 4) is 56.0 Å². The summed E-state index contributed by atoms with van der Waals surface area (Å²) in [6, 6.07) is 87.1. The summed E-state index contributed by atoms with van der Waals surface area (Å²) >= 11 is 5.79. The lowest BCUT2D eigenvalue weighted by Crippen LogP contribution is -2.40. The van der Waals surface area contributed by atoms with Crippen molar-refractivity contribution in [1.82, 2.24) is 14.8 Å². The molecule has 5 aliphatic rings. The molecule has 0 radical (unpaired) electrons. The molecule has 1 aliphatic carbocycles. The average molecular weight is 1940 g/mol. The predicted octanol–water partition coefficient (Wildman–Crippen LogP) is 33.5. The van der Waals surface area contributed by atoms with Gasteiger partial charge in [0.15, 0.2) is 17.7 Å². The molecule has 0 spiro atoms. The zero-order chi connectivity index (χ0) is 102. The number of hydrogen-bond donors (Lipinski definition) is 0. The van der Waals surface area contributed by atoms with Crippen molar-refractivity contribution in [2.45, 2.75) is 253 Å². The fourth-order valence-electron chi connectivity index (χ4n) is 16.7. The number of benzene rings is 10. The molecule has 2 amide bonds. The maximum Gasteiger partial charge on any atom is 0.254 e. The number of ether oxygens (including phenoxy) is 3. The van der Waals surface area contributed by atoms with Crippen molar-refractivity contribution < 1.29 is 42.0 Å². The van der Waals surface area contributed by atoms with Crippen molar-refractivity contribution in [1.29, 1.82) is 0 Å². The van der Waals surface area contributed by atoms with Crippen molar-refractivity contribution in [2.75, 3.05) is 47.2 Å². The Balaban J connectivity index is 0.000000146. The number of carbonyl (C=O) groups excluding carboxylic acids is 3. The van der Waals surface area contributed by atoms with Gasteiger partial charge in [-0.15, -0.1) is 23.1 Å². The van der Waals surface area contributed by atoms with E-state index in [0.717, 1.165) is 82.6 Å². The number of rotatable bonds is 6. The van der Waals surface area contributed by atoms with Gasteiger partial charge in [-0.25, -0.2) is 0 Å². The highest BCUT2D eigenvalue weighted by Gasteiger charge is 2.31. The van der Waals surface area contributed by atoms with E-state index in [0.29, 0.717) is 50.6 Å². The molecule has 141 heavy (non-hydrogen) atoms. The lowest BCUT2D eigenvalue weighted by atomic mass is 9.86. The molecular weight excluding hydrogens is 1790 g/mol. The van der Waals surface area contributed by atoms with Crippen molar-refractivity contribution in [3.05, 3.63) is 349 Å². The summed E-state index contributed by atoms with van der Waals surface area (Å²) in [6.07, 6.45) is 13.7. The number of carbonyl (C=O) groups is 3. The van der Waals surface area contributed by atoms with E-state index in [2.05, 4.69) is 336 Å². The normalized spacial score (nSPS) is 13.7. The van der Waals surface area contributed by atoms with Crippen LogP contribution in [0.15, 0.2) is 297 Å². The summed E-state index contributed by atoms with van der Waals surface area (Å²) in [5.41, 5.74) is 26.7. The minimum Gasteiger partial charge on any atom is -0.464 e. The van der Waals surface area contributed by atoms with Gasteiger partial charge in [0.25, 0.3) is 11.8 Å². The maximum absolute atomic E-state index is 12.5. The minimum absolute atomic E-state index is 0.0164. The van der Waals surface area contributed by atoms with Crippen LogP contribution in [0.5, 0.6) is 11.5 Å². The number of Topliss-reactive ketones (excluding diaryl/α,β-unsaturated/α-hetero) is 1. The number of aromatic nitrogens is 2. The number of morpholine rings is 1. The Morgan fingerprint density at radius 3 is 1.50 bits per heavy atom.